The van der Waals surface area contributed by atoms with E-state index in [9.17, 15) is 4.39 Å². The van der Waals surface area contributed by atoms with Crippen molar-refractivity contribution in [3.8, 4) is 6.07 Å². The predicted molar refractivity (Wildman–Crippen MR) is 61.2 cm³/mol. The zero-order valence-electron chi connectivity index (χ0n) is 9.12. The first-order valence-electron chi connectivity index (χ1n) is 4.87. The second-order valence-electron chi connectivity index (χ2n) is 3.82. The minimum Gasteiger partial charge on any atom is -0.207 e. The Morgan fingerprint density at radius 1 is 1.40 bits per heavy atom. The van der Waals surface area contributed by atoms with E-state index in [0.29, 0.717) is 11.5 Å². The largest absolute Gasteiger partial charge is 0.207 e. The number of hydrogen-bond acceptors (Lipinski definition) is 2. The molecule has 0 amide bonds. The number of aryl methyl sites for hydroxylation is 1. The van der Waals surface area contributed by atoms with E-state index in [1.54, 1.807) is 19.1 Å². The van der Waals surface area contributed by atoms with E-state index in [4.69, 9.17) is 5.26 Å². The van der Waals surface area contributed by atoms with Crippen LogP contribution in [0.1, 0.15) is 19.4 Å². The molecule has 0 saturated heterocycles. The third-order valence-electron chi connectivity index (χ3n) is 2.13. The molecule has 1 rings (SSSR count). The van der Waals surface area contributed by atoms with E-state index in [0.717, 1.165) is 4.90 Å². The van der Waals surface area contributed by atoms with Crippen LogP contribution in [0.3, 0.4) is 0 Å². The van der Waals surface area contributed by atoms with Gasteiger partial charge < -0.3 is 0 Å². The third-order valence-corrected chi connectivity index (χ3v) is 3.55. The molecule has 80 valence electrons. The van der Waals surface area contributed by atoms with E-state index < -0.39 is 0 Å². The van der Waals surface area contributed by atoms with Gasteiger partial charge in [-0.25, -0.2) is 4.39 Å². The van der Waals surface area contributed by atoms with Crippen molar-refractivity contribution in [2.24, 2.45) is 5.92 Å². The van der Waals surface area contributed by atoms with Gasteiger partial charge in [-0.2, -0.15) is 5.26 Å². The summed E-state index contributed by atoms with van der Waals surface area (Å²) < 4.78 is 13.0. The van der Waals surface area contributed by atoms with Crippen LogP contribution in [0.25, 0.3) is 0 Å². The molecule has 1 atom stereocenters. The first-order chi connectivity index (χ1) is 7.04. The fourth-order valence-corrected chi connectivity index (χ4v) is 2.16. The van der Waals surface area contributed by atoms with Gasteiger partial charge in [0, 0.05) is 4.90 Å². The average molecular weight is 223 g/mol. The van der Waals surface area contributed by atoms with Gasteiger partial charge in [-0.05, 0) is 36.6 Å². The minimum absolute atomic E-state index is 0.0742. The van der Waals surface area contributed by atoms with E-state index in [-0.39, 0.29) is 11.1 Å². The maximum absolute atomic E-state index is 13.0. The molecule has 1 aromatic rings. The van der Waals surface area contributed by atoms with Crippen molar-refractivity contribution in [2.45, 2.75) is 30.9 Å². The van der Waals surface area contributed by atoms with Gasteiger partial charge in [0.25, 0.3) is 0 Å². The fourth-order valence-electron chi connectivity index (χ4n) is 1.15. The zero-order valence-corrected chi connectivity index (χ0v) is 9.94. The van der Waals surface area contributed by atoms with Crippen LogP contribution in [0.4, 0.5) is 4.39 Å². The summed E-state index contributed by atoms with van der Waals surface area (Å²) in [6, 6.07) is 7.21. The number of hydrogen-bond donors (Lipinski definition) is 0. The van der Waals surface area contributed by atoms with Crippen molar-refractivity contribution < 1.29 is 4.39 Å². The zero-order chi connectivity index (χ0) is 11.4. The molecular weight excluding hydrogens is 209 g/mol. The molecule has 0 aromatic heterocycles. The first-order valence-corrected chi connectivity index (χ1v) is 5.75. The molecular formula is C12H14FNS. The van der Waals surface area contributed by atoms with E-state index in [1.165, 1.54) is 17.8 Å². The Hall–Kier alpha value is -1.01. The Morgan fingerprint density at radius 3 is 2.53 bits per heavy atom. The maximum atomic E-state index is 13.0. The molecule has 1 nitrogen and oxygen atoms in total. The Balaban J connectivity index is 2.81. The molecule has 0 saturated carbocycles. The van der Waals surface area contributed by atoms with Crippen molar-refractivity contribution in [3.63, 3.8) is 0 Å². The number of nitrogens with zero attached hydrogens (tertiary/aromatic N) is 1. The Labute approximate surface area is 94.3 Å². The van der Waals surface area contributed by atoms with Crippen LogP contribution in [-0.4, -0.2) is 5.25 Å². The number of nitriles is 1. The summed E-state index contributed by atoms with van der Waals surface area (Å²) >= 11 is 1.49. The molecule has 0 spiro atoms. The molecule has 0 N–H and O–H groups in total. The molecule has 15 heavy (non-hydrogen) atoms. The summed E-state index contributed by atoms with van der Waals surface area (Å²) in [6.07, 6.45) is 0. The van der Waals surface area contributed by atoms with Crippen molar-refractivity contribution >= 4 is 11.8 Å². The summed E-state index contributed by atoms with van der Waals surface area (Å²) in [7, 11) is 0. The quantitative estimate of drug-likeness (QED) is 0.728. The van der Waals surface area contributed by atoms with Crippen LogP contribution in [0.15, 0.2) is 23.1 Å². The summed E-state index contributed by atoms with van der Waals surface area (Å²) in [5.74, 6) is 0.0998. The highest BCUT2D eigenvalue weighted by Crippen LogP contribution is 2.28. The van der Waals surface area contributed by atoms with E-state index in [2.05, 4.69) is 6.07 Å². The van der Waals surface area contributed by atoms with Gasteiger partial charge in [-0.15, -0.1) is 11.8 Å². The van der Waals surface area contributed by atoms with Crippen LogP contribution in [0.2, 0.25) is 0 Å². The SMILES string of the molecule is Cc1cc(SC(C#N)C(C)C)ccc1F. The average Bonchev–Trinajstić information content (AvgIpc) is 2.19. The van der Waals surface area contributed by atoms with Crippen LogP contribution < -0.4 is 0 Å². The molecule has 1 unspecified atom stereocenters. The smallest absolute Gasteiger partial charge is 0.126 e. The van der Waals surface area contributed by atoms with E-state index in [1.807, 2.05) is 13.8 Å². The van der Waals surface area contributed by atoms with Crippen LogP contribution in [0, 0.1) is 30.0 Å². The number of benzene rings is 1. The molecule has 0 aliphatic carbocycles. The second-order valence-corrected chi connectivity index (χ2v) is 5.04. The van der Waals surface area contributed by atoms with Gasteiger partial charge in [-0.3, -0.25) is 0 Å². The van der Waals surface area contributed by atoms with Crippen molar-refractivity contribution in [3.05, 3.63) is 29.6 Å². The van der Waals surface area contributed by atoms with Gasteiger partial charge in [0.05, 0.1) is 11.3 Å². The van der Waals surface area contributed by atoms with Gasteiger partial charge in [-0.1, -0.05) is 13.8 Å². The lowest BCUT2D eigenvalue weighted by Gasteiger charge is -2.12. The van der Waals surface area contributed by atoms with Crippen molar-refractivity contribution in [1.29, 1.82) is 5.26 Å². The standard InChI is InChI=1S/C12H14FNS/c1-8(2)12(7-14)15-10-4-5-11(13)9(3)6-10/h4-6,8,12H,1-3H3. The van der Waals surface area contributed by atoms with Crippen LogP contribution >= 0.6 is 11.8 Å². The topological polar surface area (TPSA) is 23.8 Å². The fraction of sp³-hybridized carbons (Fsp3) is 0.417. The number of halogens is 1. The molecule has 0 fully saturated rings. The lowest BCUT2D eigenvalue weighted by atomic mass is 10.1. The van der Waals surface area contributed by atoms with Crippen molar-refractivity contribution in [1.82, 2.24) is 0 Å². The summed E-state index contributed by atoms with van der Waals surface area (Å²) in [5, 5.41) is 8.86. The van der Waals surface area contributed by atoms with Gasteiger partial charge in [0.2, 0.25) is 0 Å². The maximum Gasteiger partial charge on any atom is 0.126 e. The second kappa shape index (κ2) is 5.18. The molecule has 3 heteroatoms. The lowest BCUT2D eigenvalue weighted by molar-refractivity contribution is 0.617. The number of thioether (sulfide) groups is 1. The van der Waals surface area contributed by atoms with Crippen molar-refractivity contribution in [2.75, 3.05) is 0 Å². The van der Waals surface area contributed by atoms with Crippen LogP contribution in [-0.2, 0) is 0 Å². The molecule has 0 aliphatic rings. The Morgan fingerprint density at radius 2 is 2.07 bits per heavy atom. The summed E-state index contributed by atoms with van der Waals surface area (Å²) in [6.45, 7) is 5.75. The monoisotopic (exact) mass is 223 g/mol. The molecule has 0 heterocycles. The highest BCUT2D eigenvalue weighted by molar-refractivity contribution is 8.00. The lowest BCUT2D eigenvalue weighted by Crippen LogP contribution is -2.07. The number of rotatable bonds is 3. The summed E-state index contributed by atoms with van der Waals surface area (Å²) in [4.78, 5) is 0.953. The predicted octanol–water partition coefficient (Wildman–Crippen LogP) is 3.77. The summed E-state index contributed by atoms with van der Waals surface area (Å²) in [5.41, 5.74) is 0.625. The molecule has 1 aromatic carbocycles. The Kier molecular flexibility index (Phi) is 4.16. The third kappa shape index (κ3) is 3.24. The van der Waals surface area contributed by atoms with Gasteiger partial charge in [0.15, 0.2) is 0 Å². The van der Waals surface area contributed by atoms with E-state index >= 15 is 0 Å². The Bertz CT molecular complexity index is 382. The highest BCUT2D eigenvalue weighted by atomic mass is 32.2. The molecule has 0 aliphatic heterocycles. The van der Waals surface area contributed by atoms with Gasteiger partial charge in [0.1, 0.15) is 5.82 Å². The van der Waals surface area contributed by atoms with Crippen LogP contribution in [0.5, 0.6) is 0 Å². The minimum atomic E-state index is -0.197. The molecule has 0 radical (unpaired) electrons. The highest BCUT2D eigenvalue weighted by Gasteiger charge is 2.14. The first kappa shape index (κ1) is 12.1. The normalized spacial score (nSPS) is 12.5. The van der Waals surface area contributed by atoms with Gasteiger partial charge >= 0.3 is 0 Å². The molecule has 0 bridgehead atoms.